The number of unbranched alkanes of at least 4 members (excludes halogenated alkanes) is 1. The first kappa shape index (κ1) is 61.2. The van der Waals surface area contributed by atoms with Gasteiger partial charge in [-0.05, 0) is 44.2 Å². The van der Waals surface area contributed by atoms with Gasteiger partial charge in [0, 0.05) is 19.3 Å². The van der Waals surface area contributed by atoms with Crippen molar-refractivity contribution in [2.45, 2.75) is 113 Å². The molecule has 0 unspecified atom stereocenters. The highest BCUT2D eigenvalue weighted by Gasteiger charge is 2.35. The number of carboxylic acids is 2. The largest absolute Gasteiger partial charge is 0.481 e. The fraction of sp³-hybridized carbons (Fsp3) is 0.537. The summed E-state index contributed by atoms with van der Waals surface area (Å²) in [7, 11) is 0. The van der Waals surface area contributed by atoms with Crippen LogP contribution in [0.3, 0.4) is 0 Å². The lowest BCUT2D eigenvalue weighted by atomic mass is 10.0. The van der Waals surface area contributed by atoms with E-state index < -0.39 is 184 Å². The molecule has 0 saturated heterocycles. The normalized spacial score (nSPS) is 14.1. The van der Waals surface area contributed by atoms with Crippen LogP contribution in [0.5, 0.6) is 0 Å². The van der Waals surface area contributed by atoms with Gasteiger partial charge in [0.2, 0.25) is 65.0 Å². The zero-order valence-electron chi connectivity index (χ0n) is 38.4. The van der Waals surface area contributed by atoms with Gasteiger partial charge in [0.15, 0.2) is 0 Å². The molecule has 1 aromatic rings. The average molecular weight is 1010 g/mol. The number of aliphatic carboxylic acids is 2. The summed E-state index contributed by atoms with van der Waals surface area (Å²) in [4.78, 5) is 166. The highest BCUT2D eigenvalue weighted by Crippen LogP contribution is 2.10. The van der Waals surface area contributed by atoms with Crippen molar-refractivity contribution in [1.29, 1.82) is 0 Å². The van der Waals surface area contributed by atoms with Crippen LogP contribution in [0, 0.1) is 0 Å². The van der Waals surface area contributed by atoms with Gasteiger partial charge in [-0.2, -0.15) is 0 Å². The molecule has 0 spiro atoms. The maximum atomic E-state index is 14.2. The first-order valence-electron chi connectivity index (χ1n) is 21.8. The number of nitrogens with one attached hydrogen (secondary N) is 8. The Balaban J connectivity index is 3.58. The van der Waals surface area contributed by atoms with Gasteiger partial charge in [0.25, 0.3) is 0 Å². The van der Waals surface area contributed by atoms with Gasteiger partial charge in [-0.15, -0.1) is 0 Å². The number of nitrogens with two attached hydrogens (primary N) is 5. The molecule has 0 radical (unpaired) electrons. The highest BCUT2D eigenvalue weighted by atomic mass is 16.4. The molecule has 0 aliphatic heterocycles. The Labute approximate surface area is 405 Å². The lowest BCUT2D eigenvalue weighted by Crippen LogP contribution is -2.61. The van der Waals surface area contributed by atoms with Crippen LogP contribution in [0.2, 0.25) is 0 Å². The zero-order chi connectivity index (χ0) is 53.8. The van der Waals surface area contributed by atoms with Crippen molar-refractivity contribution in [3.05, 3.63) is 35.9 Å². The molecule has 11 amide bonds. The summed E-state index contributed by atoms with van der Waals surface area (Å²) in [6.07, 6.45) is -4.03. The van der Waals surface area contributed by atoms with Crippen molar-refractivity contribution in [2.24, 2.45) is 28.7 Å². The third-order valence-electron chi connectivity index (χ3n) is 9.98. The number of benzene rings is 1. The third-order valence-corrected chi connectivity index (χ3v) is 9.98. The Morgan fingerprint density at radius 2 is 0.845 bits per heavy atom. The summed E-state index contributed by atoms with van der Waals surface area (Å²) in [6.45, 7) is -2.68. The van der Waals surface area contributed by atoms with E-state index in [0.717, 1.165) is 0 Å². The number of carbonyl (C=O) groups excluding carboxylic acids is 11. The molecule has 0 bridgehead atoms. The molecule has 0 fully saturated rings. The third kappa shape index (κ3) is 23.8. The van der Waals surface area contributed by atoms with Crippen molar-refractivity contribution in [3.8, 4) is 0 Å². The van der Waals surface area contributed by atoms with Crippen molar-refractivity contribution in [3.63, 3.8) is 0 Å². The number of carboxylic acid groups (broad SMARTS) is 2. The average Bonchev–Trinajstić information content (AvgIpc) is 3.30. The predicted octanol–water partition coefficient (Wildman–Crippen LogP) is -8.85. The number of rotatable bonds is 35. The van der Waals surface area contributed by atoms with Crippen LogP contribution >= 0.6 is 0 Å². The maximum Gasteiger partial charge on any atom is 0.328 e. The van der Waals surface area contributed by atoms with E-state index >= 15 is 0 Å². The van der Waals surface area contributed by atoms with Crippen molar-refractivity contribution in [1.82, 2.24) is 42.5 Å². The van der Waals surface area contributed by atoms with Gasteiger partial charge in [0.05, 0.1) is 32.6 Å². The summed E-state index contributed by atoms with van der Waals surface area (Å²) < 4.78 is 0. The van der Waals surface area contributed by atoms with Gasteiger partial charge < -0.3 is 91.6 Å². The van der Waals surface area contributed by atoms with E-state index in [0.29, 0.717) is 5.56 Å². The molecule has 0 saturated carbocycles. The summed E-state index contributed by atoms with van der Waals surface area (Å²) in [6, 6.07) is -6.05. The molecule has 0 aliphatic carbocycles. The van der Waals surface area contributed by atoms with Crippen LogP contribution in [-0.4, -0.2) is 172 Å². The van der Waals surface area contributed by atoms with Crippen molar-refractivity contribution in [2.75, 3.05) is 26.3 Å². The van der Waals surface area contributed by atoms with E-state index in [2.05, 4.69) is 31.9 Å². The lowest BCUT2D eigenvalue weighted by molar-refractivity contribution is -0.144. The van der Waals surface area contributed by atoms with Gasteiger partial charge in [-0.25, -0.2) is 4.79 Å². The summed E-state index contributed by atoms with van der Waals surface area (Å²) >= 11 is 0. The molecule has 0 aliphatic rings. The van der Waals surface area contributed by atoms with Crippen LogP contribution in [-0.2, 0) is 68.7 Å². The van der Waals surface area contributed by atoms with Gasteiger partial charge in [-0.1, -0.05) is 30.3 Å². The number of hydrogen-bond acceptors (Lipinski definition) is 17. The SMILES string of the molecule is NCCCC[C@H](NC(=O)[C@H](CCC(N)=O)NC(=O)[C@H](Cc1ccccc1)NC(=O)[C@H](CC(N)=O)NC(=O)[C@H](CCC(=O)O)NC(=O)CN)C(=O)N[C@@H](CC(N)=O)C(=O)N[C@@H](CO)C(=O)N[C@@H](CO)C(=O)O. The van der Waals surface area contributed by atoms with Gasteiger partial charge >= 0.3 is 11.9 Å². The van der Waals surface area contributed by atoms with Crippen LogP contribution in [0.25, 0.3) is 0 Å². The Morgan fingerprint density at radius 1 is 0.451 bits per heavy atom. The molecule has 30 nitrogen and oxygen atoms in total. The van der Waals surface area contributed by atoms with E-state index in [9.17, 15) is 72.5 Å². The van der Waals surface area contributed by atoms with E-state index in [1.165, 1.54) is 0 Å². The van der Waals surface area contributed by atoms with Gasteiger partial charge in [0.1, 0.15) is 48.3 Å². The molecule has 30 heteroatoms. The Bertz CT molecular complexity index is 2060. The van der Waals surface area contributed by atoms with E-state index in [1.807, 2.05) is 10.6 Å². The molecule has 0 heterocycles. The van der Waals surface area contributed by atoms with E-state index in [-0.39, 0.29) is 32.2 Å². The minimum absolute atomic E-state index is 0.116. The van der Waals surface area contributed by atoms with Crippen molar-refractivity contribution >= 4 is 76.9 Å². The number of hydrogen-bond donors (Lipinski definition) is 17. The minimum atomic E-state index is -1.89. The quantitative estimate of drug-likeness (QED) is 0.0281. The Hall–Kier alpha value is -7.83. The smallest absolute Gasteiger partial charge is 0.328 e. The summed E-state index contributed by atoms with van der Waals surface area (Å²) in [5.41, 5.74) is 27.4. The molecular weight excluding hydrogens is 947 g/mol. The number of amides is 11. The van der Waals surface area contributed by atoms with Gasteiger partial charge in [-0.3, -0.25) is 57.5 Å². The second kappa shape index (κ2) is 32.1. The van der Waals surface area contributed by atoms with Crippen molar-refractivity contribution < 1.29 is 82.8 Å². The Morgan fingerprint density at radius 3 is 1.28 bits per heavy atom. The minimum Gasteiger partial charge on any atom is -0.481 e. The molecule has 22 N–H and O–H groups in total. The van der Waals surface area contributed by atoms with Crippen LogP contribution < -0.4 is 71.2 Å². The highest BCUT2D eigenvalue weighted by molar-refractivity contribution is 5.99. The molecule has 1 rings (SSSR count). The second-order valence-electron chi connectivity index (χ2n) is 15.7. The number of aliphatic hydroxyl groups is 2. The topological polar surface area (TPSA) is 529 Å². The fourth-order valence-corrected chi connectivity index (χ4v) is 6.27. The first-order valence-corrected chi connectivity index (χ1v) is 21.8. The standard InChI is InChI=1S/C41H63N13O17/c42-13-5-4-8-21(34(63)51-26(16-31(46)59)39(68)53-27(18-55)40(69)54-28(19-56)41(70)71)48-36(65)23(9-11-29(44)57)49-37(66)24(14-20-6-2-1-3-7-20)50-38(67)25(15-30(45)58)52-35(64)22(10-12-33(61)62)47-32(60)17-43/h1-3,6-7,21-28,55-56H,4-5,8-19,42-43H2,(H2,44,57)(H2,45,58)(H2,46,59)(H,47,60)(H,48,65)(H,49,66)(H,50,67)(H,51,63)(H,52,64)(H,53,68)(H,54,69)(H,61,62)(H,70,71)/t21-,22-,23-,24-,25-,26-,27-,28-/m0/s1. The molecule has 0 aromatic heterocycles. The molecule has 1 aromatic carbocycles. The number of carbonyl (C=O) groups is 13. The summed E-state index contributed by atoms with van der Waals surface area (Å²) in [5.74, 6) is -15.4. The predicted molar refractivity (Wildman–Crippen MR) is 242 cm³/mol. The molecule has 394 valence electrons. The molecule has 71 heavy (non-hydrogen) atoms. The fourth-order valence-electron chi connectivity index (χ4n) is 6.27. The lowest BCUT2D eigenvalue weighted by Gasteiger charge is -2.28. The molecule has 8 atom stereocenters. The monoisotopic (exact) mass is 1010 g/mol. The van der Waals surface area contributed by atoms with E-state index in [1.54, 1.807) is 30.3 Å². The first-order chi connectivity index (χ1) is 33.5. The molecular formula is C41H63N13O17. The second-order valence-corrected chi connectivity index (χ2v) is 15.7. The Kier molecular flexibility index (Phi) is 27.6. The van der Waals surface area contributed by atoms with Crippen LogP contribution in [0.1, 0.15) is 63.4 Å². The van der Waals surface area contributed by atoms with Crippen LogP contribution in [0.15, 0.2) is 30.3 Å². The van der Waals surface area contributed by atoms with E-state index in [4.69, 9.17) is 38.9 Å². The van der Waals surface area contributed by atoms with Crippen LogP contribution in [0.4, 0.5) is 0 Å². The number of primary amides is 3. The summed E-state index contributed by atoms with van der Waals surface area (Å²) in [5, 5.41) is 55.0. The maximum absolute atomic E-state index is 14.2. The number of aliphatic hydroxyl groups excluding tert-OH is 2. The zero-order valence-corrected chi connectivity index (χ0v) is 38.4.